The maximum atomic E-state index is 13.4. The molecule has 1 aliphatic heterocycles. The summed E-state index contributed by atoms with van der Waals surface area (Å²) < 4.78 is 53.0. The first-order valence-corrected chi connectivity index (χ1v) is 11.5. The average Bonchev–Trinajstić information content (AvgIpc) is 3.08. The molecular formula is C26H21F4N3O2S. The second kappa shape index (κ2) is 10.4. The van der Waals surface area contributed by atoms with Crippen LogP contribution in [0, 0.1) is 5.82 Å². The van der Waals surface area contributed by atoms with Gasteiger partial charge in [0.05, 0.1) is 17.7 Å². The Hall–Kier alpha value is -3.79. The van der Waals surface area contributed by atoms with Crippen molar-refractivity contribution < 1.29 is 27.2 Å². The number of hydrogen-bond donors (Lipinski definition) is 1. The molecule has 186 valence electrons. The number of amides is 2. The predicted octanol–water partition coefficient (Wildman–Crippen LogP) is 5.42. The third kappa shape index (κ3) is 5.71. The molecule has 1 saturated heterocycles. The first-order chi connectivity index (χ1) is 17.1. The standard InChI is InChI=1S/C26H21F4N3O2S/c27-19-9-11-20(12-10-19)31-23(34)16-22-24(35)33(21-8-4-7-18(15-21)26(28,29)30)25(36)32(22)14-13-17-5-2-1-3-6-17/h1-12,15,22H,13-14,16H2,(H,31,34). The topological polar surface area (TPSA) is 52.7 Å². The van der Waals surface area contributed by atoms with Gasteiger partial charge in [0.2, 0.25) is 5.91 Å². The number of anilines is 2. The predicted molar refractivity (Wildman–Crippen MR) is 132 cm³/mol. The second-order valence-corrected chi connectivity index (χ2v) is 8.57. The van der Waals surface area contributed by atoms with E-state index in [2.05, 4.69) is 5.32 Å². The fourth-order valence-corrected chi connectivity index (χ4v) is 4.38. The van der Waals surface area contributed by atoms with Crippen LogP contribution in [0.25, 0.3) is 0 Å². The van der Waals surface area contributed by atoms with Crippen LogP contribution in [0.2, 0.25) is 0 Å². The molecule has 0 aliphatic carbocycles. The minimum absolute atomic E-state index is 0.0222. The van der Waals surface area contributed by atoms with E-state index in [0.29, 0.717) is 12.1 Å². The largest absolute Gasteiger partial charge is 0.416 e. The van der Waals surface area contributed by atoms with Crippen molar-refractivity contribution in [1.29, 1.82) is 0 Å². The van der Waals surface area contributed by atoms with Crippen molar-refractivity contribution in [2.24, 2.45) is 0 Å². The van der Waals surface area contributed by atoms with Gasteiger partial charge in [-0.15, -0.1) is 0 Å². The molecule has 1 heterocycles. The molecule has 4 rings (SSSR count). The lowest BCUT2D eigenvalue weighted by atomic mass is 10.1. The van der Waals surface area contributed by atoms with E-state index in [1.807, 2.05) is 30.3 Å². The molecule has 1 aliphatic rings. The minimum Gasteiger partial charge on any atom is -0.336 e. The molecule has 1 fully saturated rings. The molecule has 1 N–H and O–H groups in total. The lowest BCUT2D eigenvalue weighted by molar-refractivity contribution is -0.137. The minimum atomic E-state index is -4.60. The van der Waals surface area contributed by atoms with E-state index >= 15 is 0 Å². The molecule has 1 unspecified atom stereocenters. The number of carbonyl (C=O) groups excluding carboxylic acids is 2. The van der Waals surface area contributed by atoms with E-state index in [1.165, 1.54) is 36.4 Å². The molecule has 3 aromatic carbocycles. The van der Waals surface area contributed by atoms with Crippen LogP contribution >= 0.6 is 12.2 Å². The molecule has 36 heavy (non-hydrogen) atoms. The molecule has 0 radical (unpaired) electrons. The molecular weight excluding hydrogens is 494 g/mol. The molecule has 1 atom stereocenters. The van der Waals surface area contributed by atoms with Crippen LogP contribution < -0.4 is 10.2 Å². The summed E-state index contributed by atoms with van der Waals surface area (Å²) in [6, 6.07) is 17.9. The fraction of sp³-hybridized carbons (Fsp3) is 0.192. The maximum Gasteiger partial charge on any atom is 0.416 e. The van der Waals surface area contributed by atoms with Gasteiger partial charge in [-0.3, -0.25) is 14.5 Å². The zero-order valence-corrected chi connectivity index (χ0v) is 19.7. The van der Waals surface area contributed by atoms with E-state index in [-0.39, 0.29) is 23.8 Å². The molecule has 0 spiro atoms. The third-order valence-electron chi connectivity index (χ3n) is 5.74. The molecule has 3 aromatic rings. The lowest BCUT2D eigenvalue weighted by Gasteiger charge is -2.24. The van der Waals surface area contributed by atoms with E-state index < -0.39 is 35.4 Å². The zero-order valence-electron chi connectivity index (χ0n) is 18.8. The molecule has 0 aromatic heterocycles. The van der Waals surface area contributed by atoms with Gasteiger partial charge in [0.25, 0.3) is 5.91 Å². The van der Waals surface area contributed by atoms with Crippen molar-refractivity contribution in [2.75, 3.05) is 16.8 Å². The van der Waals surface area contributed by atoms with Gasteiger partial charge in [0, 0.05) is 12.2 Å². The van der Waals surface area contributed by atoms with Gasteiger partial charge in [0.15, 0.2) is 5.11 Å². The Bertz CT molecular complexity index is 1270. The van der Waals surface area contributed by atoms with Crippen LogP contribution in [-0.2, 0) is 22.2 Å². The quantitative estimate of drug-likeness (QED) is 0.337. The molecule has 0 saturated carbocycles. The highest BCUT2D eigenvalue weighted by atomic mass is 32.1. The normalized spacial score (nSPS) is 15.9. The van der Waals surface area contributed by atoms with Gasteiger partial charge in [0.1, 0.15) is 11.9 Å². The van der Waals surface area contributed by atoms with Gasteiger partial charge in [-0.2, -0.15) is 13.2 Å². The van der Waals surface area contributed by atoms with Crippen molar-refractivity contribution in [1.82, 2.24) is 4.90 Å². The number of carbonyl (C=O) groups is 2. The van der Waals surface area contributed by atoms with Crippen molar-refractivity contribution >= 4 is 40.5 Å². The fourth-order valence-electron chi connectivity index (χ4n) is 3.96. The summed E-state index contributed by atoms with van der Waals surface area (Å²) in [5.74, 6) is -1.58. The van der Waals surface area contributed by atoms with Crippen LogP contribution in [-0.4, -0.2) is 34.4 Å². The summed E-state index contributed by atoms with van der Waals surface area (Å²) in [5.41, 5.74) is 0.384. The number of alkyl halides is 3. The molecule has 0 bridgehead atoms. The van der Waals surface area contributed by atoms with E-state index in [1.54, 1.807) is 4.90 Å². The monoisotopic (exact) mass is 515 g/mol. The molecule has 5 nitrogen and oxygen atoms in total. The zero-order chi connectivity index (χ0) is 25.9. The second-order valence-electron chi connectivity index (χ2n) is 8.21. The molecule has 2 amide bonds. The number of halogens is 4. The van der Waals surface area contributed by atoms with Crippen molar-refractivity contribution in [3.05, 3.63) is 95.8 Å². The summed E-state index contributed by atoms with van der Waals surface area (Å²) in [6.45, 7) is 0.276. The smallest absolute Gasteiger partial charge is 0.336 e. The van der Waals surface area contributed by atoms with Gasteiger partial charge in [-0.1, -0.05) is 36.4 Å². The van der Waals surface area contributed by atoms with Crippen molar-refractivity contribution in [3.8, 4) is 0 Å². The Morgan fingerprint density at radius 1 is 0.972 bits per heavy atom. The first kappa shape index (κ1) is 25.3. The van der Waals surface area contributed by atoms with Crippen molar-refractivity contribution in [3.63, 3.8) is 0 Å². The number of thiocarbonyl (C=S) groups is 1. The highest BCUT2D eigenvalue weighted by Crippen LogP contribution is 2.34. The van der Waals surface area contributed by atoms with Crippen molar-refractivity contribution in [2.45, 2.75) is 25.1 Å². The summed E-state index contributed by atoms with van der Waals surface area (Å²) >= 11 is 5.52. The van der Waals surface area contributed by atoms with Gasteiger partial charge >= 0.3 is 6.18 Å². The SMILES string of the molecule is O=C(CC1C(=O)N(c2cccc(C(F)(F)F)c2)C(=S)N1CCc1ccccc1)Nc1ccc(F)cc1. The Labute approximate surface area is 210 Å². The van der Waals surface area contributed by atoms with Crippen LogP contribution in [0.5, 0.6) is 0 Å². The number of nitrogens with zero attached hydrogens (tertiary/aromatic N) is 2. The van der Waals surface area contributed by atoms with Gasteiger partial charge < -0.3 is 10.2 Å². The summed E-state index contributed by atoms with van der Waals surface area (Å²) in [4.78, 5) is 28.8. The Balaban J connectivity index is 1.59. The average molecular weight is 516 g/mol. The van der Waals surface area contributed by atoms with E-state index in [9.17, 15) is 27.2 Å². The maximum absolute atomic E-state index is 13.4. The van der Waals surface area contributed by atoms with E-state index in [0.717, 1.165) is 22.6 Å². The number of benzene rings is 3. The van der Waals surface area contributed by atoms with Crippen LogP contribution in [0.15, 0.2) is 78.9 Å². The Morgan fingerprint density at radius 3 is 2.33 bits per heavy atom. The first-order valence-electron chi connectivity index (χ1n) is 11.0. The third-order valence-corrected chi connectivity index (χ3v) is 6.16. The van der Waals surface area contributed by atoms with Gasteiger partial charge in [-0.25, -0.2) is 4.39 Å². The lowest BCUT2D eigenvalue weighted by Crippen LogP contribution is -2.39. The summed E-state index contributed by atoms with van der Waals surface area (Å²) in [7, 11) is 0. The summed E-state index contributed by atoms with van der Waals surface area (Å²) in [5, 5.41) is 2.64. The number of nitrogens with one attached hydrogen (secondary N) is 1. The number of hydrogen-bond acceptors (Lipinski definition) is 3. The highest BCUT2D eigenvalue weighted by Gasteiger charge is 2.44. The van der Waals surface area contributed by atoms with Gasteiger partial charge in [-0.05, 0) is 66.7 Å². The molecule has 10 heteroatoms. The van der Waals surface area contributed by atoms with Crippen LogP contribution in [0.3, 0.4) is 0 Å². The van der Waals surface area contributed by atoms with Crippen LogP contribution in [0.4, 0.5) is 28.9 Å². The number of rotatable bonds is 7. The highest BCUT2D eigenvalue weighted by molar-refractivity contribution is 7.80. The Morgan fingerprint density at radius 2 is 1.67 bits per heavy atom. The summed E-state index contributed by atoms with van der Waals surface area (Å²) in [6.07, 6.45) is -4.39. The Kier molecular flexibility index (Phi) is 7.35. The van der Waals surface area contributed by atoms with Crippen LogP contribution in [0.1, 0.15) is 17.5 Å². The van der Waals surface area contributed by atoms with E-state index in [4.69, 9.17) is 12.2 Å².